The molecule has 0 saturated heterocycles. The zero-order chi connectivity index (χ0) is 85.1. The third-order valence-electron chi connectivity index (χ3n) is 15.6. The summed E-state index contributed by atoms with van der Waals surface area (Å²) in [5.41, 5.74) is 34.9. The number of nitrogens with two attached hydrogens (primary N) is 3. The second kappa shape index (κ2) is 43.8. The van der Waals surface area contributed by atoms with Crippen molar-refractivity contribution in [2.24, 2.45) is 0 Å². The minimum Gasteiger partial charge on any atom is -0.399 e. The summed E-state index contributed by atoms with van der Waals surface area (Å²) in [6, 6.07) is 49.8. The molecule has 7 aromatic carbocycles. The fourth-order valence-corrected chi connectivity index (χ4v) is 10.7. The Bertz CT molecular complexity index is 5820. The van der Waals surface area contributed by atoms with Gasteiger partial charge in [-0.2, -0.15) is 56.8 Å². The molecule has 0 radical (unpaired) electrons. The predicted molar refractivity (Wildman–Crippen MR) is 448 cm³/mol. The Labute approximate surface area is 680 Å². The van der Waals surface area contributed by atoms with Crippen LogP contribution in [-0.4, -0.2) is 54.6 Å². The molecular weight excluding hydrogens is 1540 g/mol. The first-order chi connectivity index (χ1) is 55.4. The van der Waals surface area contributed by atoms with Gasteiger partial charge in [-0.15, -0.1) is 0 Å². The van der Waals surface area contributed by atoms with E-state index in [-0.39, 0.29) is 50.4 Å². The number of anilines is 13. The molecule has 116 heavy (non-hydrogen) atoms. The standard InChI is InChI=1S/C22H17N7O2.C22H19N7.C15H12ClN5O2.C11H12N2.C7H6N2.C4HCl2N3O2/c1-14-10-17(4-3-9-23)11-15(2)20(14)27-21-19(29(30)31)13-25-22(28-21)26-18-7-5-16(12-24)6-8-18;1-14-10-17(4-3-9-23)11-15(2)20(14)28-21-19(25)13-26-22(29-21)27-18-7-5-16(12-24)6-8-18;1-9-6-11(4-3-5-17)7-10(2)13(9)19-14-12(21(22)23)8-18-15(16)20-14;1-8-6-10(4-3-5-12)7-9(2)11(8)13;8-5-6-1-3-7(9)4-2-6;5-3-2(9(10)11)1-7-4(6)8-3/h3-8,10-11,13H,1-2H3,(H2,25,26,27,28);3-8,10-11,13H,25H2,1-2H3,(H2,26,27,28,29);3-4,6-8H,1-2H3,(H,18,19,20);3-4,6-7H,13H2,1-2H3;1-4H,9H2;1H/b4*4-3+;;. The van der Waals surface area contributed by atoms with Gasteiger partial charge in [0.1, 0.15) is 18.6 Å². The number of allylic oxidation sites excluding steroid dienone is 4. The van der Waals surface area contributed by atoms with Crippen LogP contribution < -0.4 is 43.8 Å². The van der Waals surface area contributed by atoms with Crippen LogP contribution in [0.15, 0.2) is 170 Å². The molecule has 0 amide bonds. The first kappa shape index (κ1) is 88.6. The number of hydrogen-bond donors (Lipinski definition) is 8. The number of aromatic nitrogens is 8. The topological polar surface area (TPSA) is 537 Å². The molecule has 0 aliphatic heterocycles. The van der Waals surface area contributed by atoms with Crippen molar-refractivity contribution >= 4 is 151 Å². The smallest absolute Gasteiger partial charge is 0.329 e. The maximum atomic E-state index is 11.5. The lowest BCUT2D eigenvalue weighted by molar-refractivity contribution is -0.385. The van der Waals surface area contributed by atoms with Crippen molar-refractivity contribution < 1.29 is 14.8 Å². The van der Waals surface area contributed by atoms with Gasteiger partial charge in [0.05, 0.1) is 85.8 Å². The minimum atomic E-state index is -0.682. The molecule has 11 N–H and O–H groups in total. The molecule has 578 valence electrons. The summed E-state index contributed by atoms with van der Waals surface area (Å²) in [7, 11) is 0. The van der Waals surface area contributed by atoms with Crippen LogP contribution in [0.25, 0.3) is 24.3 Å². The molecule has 0 bridgehead atoms. The summed E-state index contributed by atoms with van der Waals surface area (Å²) in [6.45, 7) is 15.3. The zero-order valence-corrected chi connectivity index (χ0v) is 65.1. The maximum absolute atomic E-state index is 11.5. The summed E-state index contributed by atoms with van der Waals surface area (Å²) < 4.78 is 0. The van der Waals surface area contributed by atoms with Gasteiger partial charge in [-0.05, 0) is 291 Å². The number of hydrogen-bond acceptors (Lipinski definition) is 29. The Morgan fingerprint density at radius 1 is 0.371 bits per heavy atom. The van der Waals surface area contributed by atoms with E-state index in [0.29, 0.717) is 56.9 Å². The van der Waals surface area contributed by atoms with Crippen molar-refractivity contribution in [2.45, 2.75) is 55.4 Å². The van der Waals surface area contributed by atoms with E-state index in [2.05, 4.69) is 72.5 Å². The number of nitro groups is 3. The second-order valence-corrected chi connectivity index (χ2v) is 25.2. The van der Waals surface area contributed by atoms with E-state index in [4.69, 9.17) is 88.8 Å². The van der Waals surface area contributed by atoms with Crippen molar-refractivity contribution in [3.8, 4) is 42.5 Å². The Balaban J connectivity index is 0.000000228. The predicted octanol–water partition coefficient (Wildman–Crippen LogP) is 18.7. The minimum absolute atomic E-state index is 0.0292. The molecule has 0 aliphatic rings. The lowest BCUT2D eigenvalue weighted by Gasteiger charge is -2.15. The molecule has 0 fully saturated rings. The maximum Gasteiger partial charge on any atom is 0.329 e. The van der Waals surface area contributed by atoms with Crippen LogP contribution in [0.2, 0.25) is 15.7 Å². The van der Waals surface area contributed by atoms with Crippen molar-refractivity contribution in [3.63, 3.8) is 0 Å². The van der Waals surface area contributed by atoms with Gasteiger partial charge in [0.25, 0.3) is 0 Å². The van der Waals surface area contributed by atoms with Crippen LogP contribution in [0, 0.1) is 165 Å². The van der Waals surface area contributed by atoms with Crippen molar-refractivity contribution in [2.75, 3.05) is 43.8 Å². The SMILES string of the molecule is Cc1cc(/C=C/C#N)cc(C)c1N.Cc1cc(/C=C/C#N)cc(C)c1Nc1nc(Cl)ncc1[N+](=O)[O-].Cc1cc(/C=C/C#N)cc(C)c1Nc1nc(Nc2ccc(C#N)cc2)ncc1N.Cc1cc(/C=C/C#N)cc(C)c1Nc1nc(Nc2ccc(C#N)cc2)ncc1[N+](=O)[O-].N#Cc1ccc(N)cc1.O=[N+]([O-])c1cnc(Cl)nc1Cl. The van der Waals surface area contributed by atoms with E-state index in [1.807, 2.05) is 140 Å². The molecule has 4 heterocycles. The van der Waals surface area contributed by atoms with Gasteiger partial charge in [0.2, 0.25) is 39.3 Å². The summed E-state index contributed by atoms with van der Waals surface area (Å²) in [5, 5.41) is 108. The lowest BCUT2D eigenvalue weighted by atomic mass is 10.0. The fraction of sp³-hybridized carbons (Fsp3) is 0.0988. The molecule has 0 unspecified atom stereocenters. The van der Waals surface area contributed by atoms with Crippen molar-refractivity contribution in [1.82, 2.24) is 39.9 Å². The second-order valence-electron chi connectivity index (χ2n) is 24.1. The third-order valence-corrected chi connectivity index (χ3v) is 16.2. The van der Waals surface area contributed by atoms with Gasteiger partial charge in [0.15, 0.2) is 5.82 Å². The molecular formula is C81H67Cl3N26O6. The number of nitrogens with zero attached hydrogens (tertiary/aromatic N) is 18. The first-order valence-electron chi connectivity index (χ1n) is 33.6. The number of benzene rings is 7. The van der Waals surface area contributed by atoms with Gasteiger partial charge in [-0.3, -0.25) is 30.3 Å². The number of nitrogen functional groups attached to an aromatic ring is 3. The monoisotopic (exact) mass is 1600 g/mol. The molecule has 0 aliphatic carbocycles. The van der Waals surface area contributed by atoms with E-state index in [1.54, 1.807) is 97.1 Å². The van der Waals surface area contributed by atoms with Crippen LogP contribution in [0.3, 0.4) is 0 Å². The lowest BCUT2D eigenvalue weighted by Crippen LogP contribution is -2.06. The van der Waals surface area contributed by atoms with Gasteiger partial charge in [-0.25, -0.2) is 19.9 Å². The summed E-state index contributed by atoms with van der Waals surface area (Å²) in [5.74, 6) is 1.11. The molecule has 0 saturated carbocycles. The number of aryl methyl sites for hydroxylation is 8. The molecule has 32 nitrogen and oxygen atoms in total. The fourth-order valence-electron chi connectivity index (χ4n) is 10.2. The van der Waals surface area contributed by atoms with Crippen LogP contribution in [0.4, 0.5) is 91.9 Å². The molecule has 11 rings (SSSR count). The van der Waals surface area contributed by atoms with Crippen LogP contribution in [0.1, 0.15) is 83.5 Å². The van der Waals surface area contributed by atoms with Gasteiger partial charge in [0, 0.05) is 64.1 Å². The highest BCUT2D eigenvalue weighted by Crippen LogP contribution is 2.35. The van der Waals surface area contributed by atoms with Gasteiger partial charge in [-0.1, -0.05) is 11.6 Å². The molecule has 0 atom stereocenters. The number of rotatable bonds is 17. The van der Waals surface area contributed by atoms with Gasteiger partial charge < -0.3 is 43.8 Å². The first-order valence-corrected chi connectivity index (χ1v) is 34.7. The summed E-state index contributed by atoms with van der Waals surface area (Å²) in [4.78, 5) is 62.2. The average molecular weight is 1610 g/mol. The van der Waals surface area contributed by atoms with Crippen LogP contribution in [-0.2, 0) is 0 Å². The highest BCUT2D eigenvalue weighted by atomic mass is 35.5. The molecule has 35 heteroatoms. The summed E-state index contributed by atoms with van der Waals surface area (Å²) >= 11 is 16.4. The summed E-state index contributed by atoms with van der Waals surface area (Å²) in [6.07, 6.45) is 17.3. The van der Waals surface area contributed by atoms with E-state index in [0.717, 1.165) is 102 Å². The Kier molecular flexibility index (Phi) is 33.5. The molecule has 4 aromatic heterocycles. The average Bonchev–Trinajstić information content (AvgIpc) is 0.790. The normalized spacial score (nSPS) is 10.1. The number of halogens is 3. The number of nitriles is 7. The van der Waals surface area contributed by atoms with Crippen LogP contribution in [0.5, 0.6) is 0 Å². The largest absolute Gasteiger partial charge is 0.399 e. The van der Waals surface area contributed by atoms with Crippen molar-refractivity contribution in [3.05, 3.63) is 300 Å². The quantitative estimate of drug-likeness (QED) is 0.0105. The Morgan fingerprint density at radius 2 is 0.664 bits per heavy atom. The van der Waals surface area contributed by atoms with Gasteiger partial charge >= 0.3 is 17.1 Å². The van der Waals surface area contributed by atoms with E-state index in [1.165, 1.54) is 30.5 Å². The van der Waals surface area contributed by atoms with Crippen LogP contribution >= 0.6 is 34.8 Å². The van der Waals surface area contributed by atoms with Crippen molar-refractivity contribution in [1.29, 1.82) is 36.8 Å². The van der Waals surface area contributed by atoms with E-state index in [9.17, 15) is 30.3 Å². The highest BCUT2D eigenvalue weighted by molar-refractivity contribution is 6.33. The molecule has 0 spiro atoms. The Hall–Kier alpha value is -16.3. The molecule has 11 aromatic rings. The third kappa shape index (κ3) is 27.1. The van der Waals surface area contributed by atoms with E-state index < -0.39 is 14.8 Å². The van der Waals surface area contributed by atoms with E-state index >= 15 is 0 Å². The zero-order valence-electron chi connectivity index (χ0n) is 62.8. The number of nitrogens with one attached hydrogen (secondary N) is 5. The Morgan fingerprint density at radius 3 is 1.00 bits per heavy atom. The highest BCUT2D eigenvalue weighted by Gasteiger charge is 2.22.